The molecule has 12 heteroatoms. The van der Waals surface area contributed by atoms with Crippen LogP contribution in [0.1, 0.15) is 54.6 Å². The monoisotopic (exact) mass is 622 g/mol. The Balaban J connectivity index is 1.60. The lowest BCUT2D eigenvalue weighted by atomic mass is 9.62. The van der Waals surface area contributed by atoms with E-state index >= 15 is 4.39 Å². The number of aromatic nitrogens is 1. The minimum atomic E-state index is -1.41. The zero-order chi connectivity index (χ0) is 31.7. The number of aromatic carboxylic acids is 1. The van der Waals surface area contributed by atoms with Gasteiger partial charge >= 0.3 is 5.97 Å². The van der Waals surface area contributed by atoms with Gasteiger partial charge in [0.15, 0.2) is 0 Å². The molecule has 3 aliphatic heterocycles. The lowest BCUT2D eigenvalue weighted by Gasteiger charge is -2.40. The Bertz CT molecular complexity index is 1710. The zero-order valence-corrected chi connectivity index (χ0v) is 25.6. The molecule has 1 spiro atoms. The summed E-state index contributed by atoms with van der Waals surface area (Å²) in [6.07, 6.45) is 2.05. The Labute approximate surface area is 258 Å². The van der Waals surface area contributed by atoms with Crippen LogP contribution in [0.15, 0.2) is 48.7 Å². The number of methoxy groups -OCH3 is 2. The predicted octanol–water partition coefficient (Wildman–Crippen LogP) is 5.06. The van der Waals surface area contributed by atoms with Crippen molar-refractivity contribution in [2.45, 2.75) is 50.6 Å². The molecule has 1 unspecified atom stereocenters. The van der Waals surface area contributed by atoms with Crippen LogP contribution in [0, 0.1) is 11.2 Å². The summed E-state index contributed by atoms with van der Waals surface area (Å²) in [5, 5.41) is 12.4. The largest absolute Gasteiger partial charge is 0.495 e. The molecule has 0 saturated carbocycles. The Kier molecular flexibility index (Phi) is 7.09. The van der Waals surface area contributed by atoms with Gasteiger partial charge in [-0.2, -0.15) is 0 Å². The number of rotatable bonds is 6. The molecule has 0 bridgehead atoms. The SMILES string of the molecule is COc1cc2c(cn1)C1(C(=O)N2)[C@H](CC(C)(C)C)N2CN(c3ccc(C(=O)O)cc3OC)C(=O)[C@H]2[C@@H]1c1cccc(Cl)c1F. The number of anilines is 2. The molecule has 2 amide bonds. The molecule has 44 heavy (non-hydrogen) atoms. The molecule has 4 atom stereocenters. The number of benzene rings is 2. The highest BCUT2D eigenvalue weighted by Crippen LogP contribution is 2.62. The number of fused-ring (bicyclic) bond motifs is 3. The number of carbonyl (C=O) groups excluding carboxylic acids is 2. The molecule has 3 aromatic rings. The Morgan fingerprint density at radius 1 is 1.18 bits per heavy atom. The van der Waals surface area contributed by atoms with Gasteiger partial charge in [0.05, 0.1) is 48.9 Å². The molecule has 2 N–H and O–H groups in total. The van der Waals surface area contributed by atoms with Crippen molar-refractivity contribution >= 4 is 40.8 Å². The summed E-state index contributed by atoms with van der Waals surface area (Å²) in [6.45, 7) is 6.20. The first-order chi connectivity index (χ1) is 20.8. The van der Waals surface area contributed by atoms with Crippen molar-refractivity contribution < 1.29 is 33.4 Å². The van der Waals surface area contributed by atoms with Gasteiger partial charge in [-0.15, -0.1) is 0 Å². The number of halogens is 2. The maximum absolute atomic E-state index is 16.1. The van der Waals surface area contributed by atoms with Crippen molar-refractivity contribution in [3.8, 4) is 11.6 Å². The van der Waals surface area contributed by atoms with Crippen LogP contribution in [-0.2, 0) is 15.0 Å². The van der Waals surface area contributed by atoms with Gasteiger partial charge in [0, 0.05) is 29.8 Å². The molecule has 4 heterocycles. The van der Waals surface area contributed by atoms with Crippen molar-refractivity contribution in [2.24, 2.45) is 5.41 Å². The van der Waals surface area contributed by atoms with E-state index in [4.69, 9.17) is 21.1 Å². The number of amides is 2. The maximum Gasteiger partial charge on any atom is 0.335 e. The molecule has 1 aromatic heterocycles. The summed E-state index contributed by atoms with van der Waals surface area (Å²) in [7, 11) is 2.87. The molecule has 2 aromatic carbocycles. The standard InChI is InChI=1S/C32H32ClFN4O6/c1-31(2,3)13-23-32(18-14-35-24(44-5)12-20(18)36-30(32)42)25(17-7-6-8-19(33)26(17)34)27-28(39)37(15-38(23)27)21-10-9-16(29(40)41)11-22(21)43-4/h6-12,14,23,25,27H,13,15H2,1-5H3,(H,36,42)(H,40,41)/t23-,25-,27+,32?/m0/s1. The minimum Gasteiger partial charge on any atom is -0.495 e. The molecule has 3 aliphatic rings. The number of hydrogen-bond donors (Lipinski definition) is 2. The summed E-state index contributed by atoms with van der Waals surface area (Å²) in [4.78, 5) is 48.6. The second-order valence-corrected chi connectivity index (χ2v) is 13.0. The zero-order valence-electron chi connectivity index (χ0n) is 24.9. The molecule has 0 aliphatic carbocycles. The van der Waals surface area contributed by atoms with Crippen LogP contribution in [-0.4, -0.2) is 65.7 Å². The normalized spacial score (nSPS) is 24.4. The summed E-state index contributed by atoms with van der Waals surface area (Å²) in [5.74, 6) is -3.07. The number of carboxylic acid groups (broad SMARTS) is 1. The van der Waals surface area contributed by atoms with E-state index in [9.17, 15) is 19.5 Å². The summed E-state index contributed by atoms with van der Waals surface area (Å²) < 4.78 is 26.9. The topological polar surface area (TPSA) is 121 Å². The summed E-state index contributed by atoms with van der Waals surface area (Å²) >= 11 is 6.31. The van der Waals surface area contributed by atoms with E-state index in [2.05, 4.69) is 10.3 Å². The Hall–Kier alpha value is -4.22. The first-order valence-corrected chi connectivity index (χ1v) is 14.5. The van der Waals surface area contributed by atoms with E-state index < -0.39 is 35.2 Å². The van der Waals surface area contributed by atoms with Crippen LogP contribution in [0.25, 0.3) is 0 Å². The van der Waals surface area contributed by atoms with Crippen molar-refractivity contribution in [2.75, 3.05) is 31.1 Å². The molecule has 2 fully saturated rings. The molecule has 6 rings (SSSR count). The lowest BCUT2D eigenvalue weighted by molar-refractivity contribution is -0.122. The van der Waals surface area contributed by atoms with Gasteiger partial charge in [-0.1, -0.05) is 44.5 Å². The smallest absolute Gasteiger partial charge is 0.335 e. The third-order valence-electron chi connectivity index (χ3n) is 8.91. The average molecular weight is 623 g/mol. The molecule has 0 radical (unpaired) electrons. The summed E-state index contributed by atoms with van der Waals surface area (Å²) in [6, 6.07) is 8.98. The highest BCUT2D eigenvalue weighted by Gasteiger charge is 2.71. The van der Waals surface area contributed by atoms with Gasteiger partial charge in [0.1, 0.15) is 17.0 Å². The number of pyridine rings is 1. The van der Waals surface area contributed by atoms with Crippen LogP contribution in [0.5, 0.6) is 11.6 Å². The fraction of sp³-hybridized carbons (Fsp3) is 0.375. The second kappa shape index (κ2) is 10.4. The van der Waals surface area contributed by atoms with E-state index in [1.54, 1.807) is 24.4 Å². The van der Waals surface area contributed by atoms with Gasteiger partial charge in [-0.3, -0.25) is 19.4 Å². The molecular formula is C32H32ClFN4O6. The third kappa shape index (κ3) is 4.32. The first kappa shape index (κ1) is 29.8. The van der Waals surface area contributed by atoms with Crippen molar-refractivity contribution in [3.05, 3.63) is 76.2 Å². The minimum absolute atomic E-state index is 0.00310. The maximum atomic E-state index is 16.1. The van der Waals surface area contributed by atoms with E-state index in [0.717, 1.165) is 0 Å². The summed E-state index contributed by atoms with van der Waals surface area (Å²) in [5.41, 5.74) is -0.159. The number of carboxylic acids is 1. The van der Waals surface area contributed by atoms with Crippen LogP contribution >= 0.6 is 11.6 Å². The highest BCUT2D eigenvalue weighted by molar-refractivity contribution is 6.30. The van der Waals surface area contributed by atoms with Gasteiger partial charge in [0.25, 0.3) is 0 Å². The number of nitrogens with zero attached hydrogens (tertiary/aromatic N) is 3. The predicted molar refractivity (Wildman–Crippen MR) is 161 cm³/mol. The first-order valence-electron chi connectivity index (χ1n) is 14.1. The van der Waals surface area contributed by atoms with Crippen LogP contribution < -0.4 is 19.7 Å². The number of ether oxygens (including phenoxy) is 2. The average Bonchev–Trinajstić information content (AvgIpc) is 3.56. The molecule has 2 saturated heterocycles. The molecular weight excluding hydrogens is 591 g/mol. The van der Waals surface area contributed by atoms with Crippen LogP contribution in [0.4, 0.5) is 15.8 Å². The van der Waals surface area contributed by atoms with Gasteiger partial charge in [-0.25, -0.2) is 14.2 Å². The van der Waals surface area contributed by atoms with E-state index in [0.29, 0.717) is 29.2 Å². The van der Waals surface area contributed by atoms with Crippen molar-refractivity contribution in [3.63, 3.8) is 0 Å². The second-order valence-electron chi connectivity index (χ2n) is 12.6. The Morgan fingerprint density at radius 3 is 2.59 bits per heavy atom. The van der Waals surface area contributed by atoms with Crippen molar-refractivity contribution in [1.29, 1.82) is 0 Å². The van der Waals surface area contributed by atoms with Gasteiger partial charge < -0.3 is 19.9 Å². The van der Waals surface area contributed by atoms with E-state index in [1.807, 2.05) is 25.7 Å². The van der Waals surface area contributed by atoms with Crippen LogP contribution in [0.3, 0.4) is 0 Å². The van der Waals surface area contributed by atoms with Crippen LogP contribution in [0.2, 0.25) is 5.02 Å². The number of nitrogens with one attached hydrogen (secondary N) is 1. The molecule has 10 nitrogen and oxygen atoms in total. The Morgan fingerprint density at radius 2 is 1.93 bits per heavy atom. The fourth-order valence-corrected chi connectivity index (χ4v) is 7.38. The van der Waals surface area contributed by atoms with Gasteiger partial charge in [-0.05, 0) is 41.7 Å². The van der Waals surface area contributed by atoms with E-state index in [-0.39, 0.29) is 45.8 Å². The third-order valence-corrected chi connectivity index (χ3v) is 9.20. The highest BCUT2D eigenvalue weighted by atomic mass is 35.5. The fourth-order valence-electron chi connectivity index (χ4n) is 7.20. The number of carbonyl (C=O) groups is 3. The number of hydrogen-bond acceptors (Lipinski definition) is 7. The lowest BCUT2D eigenvalue weighted by Crippen LogP contribution is -2.52. The quantitative estimate of drug-likeness (QED) is 0.392. The van der Waals surface area contributed by atoms with Gasteiger partial charge in [0.2, 0.25) is 17.7 Å². The molecule has 230 valence electrons. The van der Waals surface area contributed by atoms with Crippen molar-refractivity contribution in [1.82, 2.24) is 9.88 Å². The van der Waals surface area contributed by atoms with E-state index in [1.165, 1.54) is 43.4 Å².